The van der Waals surface area contributed by atoms with Gasteiger partial charge in [0.05, 0.1) is 27.8 Å². The molecule has 1 saturated carbocycles. The van der Waals surface area contributed by atoms with Gasteiger partial charge < -0.3 is 15.1 Å². The van der Waals surface area contributed by atoms with E-state index >= 15 is 0 Å². The van der Waals surface area contributed by atoms with Crippen LogP contribution in [0, 0.1) is 0 Å². The number of aromatic nitrogens is 3. The number of nitrogens with one attached hydrogen (secondary N) is 2. The predicted octanol–water partition coefficient (Wildman–Crippen LogP) is 3.96. The highest BCUT2D eigenvalue weighted by Crippen LogP contribution is 2.40. The van der Waals surface area contributed by atoms with Crippen molar-refractivity contribution in [3.8, 4) is 10.8 Å². The van der Waals surface area contributed by atoms with Crippen molar-refractivity contribution in [3.63, 3.8) is 0 Å². The smallest absolute Gasteiger partial charge is 0.317 e. The zero-order chi connectivity index (χ0) is 23.9. The summed E-state index contributed by atoms with van der Waals surface area (Å²) in [5.41, 5.74) is 1.25. The topological polar surface area (TPSA) is 77.8 Å². The Hall–Kier alpha value is -2.51. The third-order valence-electron chi connectivity index (χ3n) is 6.14. The van der Waals surface area contributed by atoms with Gasteiger partial charge in [-0.2, -0.15) is 0 Å². The van der Waals surface area contributed by atoms with Gasteiger partial charge in [0.1, 0.15) is 6.67 Å². The molecule has 0 bridgehead atoms. The number of amides is 2. The molecule has 0 atom stereocenters. The molecule has 1 aliphatic carbocycles. The molecule has 182 valence electrons. The highest BCUT2D eigenvalue weighted by atomic mass is 32.2. The number of urea groups is 1. The van der Waals surface area contributed by atoms with Crippen molar-refractivity contribution in [2.24, 2.45) is 0 Å². The van der Waals surface area contributed by atoms with Crippen LogP contribution in [0.25, 0.3) is 16.3 Å². The third-order valence-corrected chi connectivity index (χ3v) is 8.14. The number of hydrogen-bond acceptors (Lipinski definition) is 7. The van der Waals surface area contributed by atoms with Gasteiger partial charge in [0.2, 0.25) is 0 Å². The number of halogens is 3. The second kappa shape index (κ2) is 9.27. The lowest BCUT2D eigenvalue weighted by Crippen LogP contribution is -2.51. The summed E-state index contributed by atoms with van der Waals surface area (Å²) < 4.78 is 44.8. The van der Waals surface area contributed by atoms with Crippen LogP contribution in [0.3, 0.4) is 0 Å². The molecular weight excluding hydrogens is 487 g/mol. The zero-order valence-electron chi connectivity index (χ0n) is 18.4. The van der Waals surface area contributed by atoms with E-state index in [1.165, 1.54) is 18.1 Å². The van der Waals surface area contributed by atoms with Crippen LogP contribution >= 0.6 is 23.3 Å². The van der Waals surface area contributed by atoms with Crippen molar-refractivity contribution in [2.45, 2.75) is 29.7 Å². The molecule has 2 aliphatic rings. The molecule has 0 aromatic carbocycles. The van der Waals surface area contributed by atoms with E-state index < -0.39 is 18.6 Å². The van der Waals surface area contributed by atoms with Crippen molar-refractivity contribution >= 4 is 40.5 Å². The fraction of sp³-hybridized carbons (Fsp3) is 0.476. The summed E-state index contributed by atoms with van der Waals surface area (Å²) in [4.78, 5) is 25.3. The molecule has 4 heterocycles. The second-order valence-electron chi connectivity index (χ2n) is 8.41. The predicted molar refractivity (Wildman–Crippen MR) is 126 cm³/mol. The normalized spacial score (nSPS) is 17.6. The molecule has 8 nitrogen and oxygen atoms in total. The van der Waals surface area contributed by atoms with Crippen LogP contribution in [0.5, 0.6) is 0 Å². The van der Waals surface area contributed by atoms with Crippen LogP contribution in [0.15, 0.2) is 29.6 Å². The number of rotatable bonds is 7. The summed E-state index contributed by atoms with van der Waals surface area (Å²) in [5.74, 6) is 0.478. The molecule has 1 aliphatic heterocycles. The number of hydrogen-bond donors (Lipinski definition) is 2. The van der Waals surface area contributed by atoms with Crippen molar-refractivity contribution in [3.05, 3.63) is 29.5 Å². The lowest BCUT2D eigenvalue weighted by atomic mass is 10.2. The Balaban J connectivity index is 1.49. The lowest BCUT2D eigenvalue weighted by Gasteiger charge is -2.36. The number of pyridine rings is 1. The minimum Gasteiger partial charge on any atom is -0.366 e. The van der Waals surface area contributed by atoms with Gasteiger partial charge in [0.15, 0.2) is 10.8 Å². The zero-order valence-corrected chi connectivity index (χ0v) is 20.1. The van der Waals surface area contributed by atoms with E-state index in [-0.39, 0.29) is 10.9 Å². The molecule has 0 unspecified atom stereocenters. The first-order valence-electron chi connectivity index (χ1n) is 10.9. The number of carbonyl (C=O) groups excluding carboxylic acids is 1. The molecule has 34 heavy (non-hydrogen) atoms. The van der Waals surface area contributed by atoms with Gasteiger partial charge in [-0.25, -0.2) is 27.9 Å². The lowest BCUT2D eigenvalue weighted by molar-refractivity contribution is 0.155. The molecule has 1 saturated heterocycles. The van der Waals surface area contributed by atoms with E-state index in [1.807, 2.05) is 16.7 Å². The highest BCUT2D eigenvalue weighted by molar-refractivity contribution is 7.97. The standard InChI is InChI=1S/C21H24F3N7OS2/c1-25-20(32)30-6-4-29(5-7-30)14-8-13(34-28-21(12-22)2-3-21)11-31-15(14)9-26-18(31)19-27-10-16(33-19)17(23)24/h8-11,17,28H,2-7,12H2,1H3,(H,25,32). The third kappa shape index (κ3) is 4.43. The Labute approximate surface area is 202 Å². The van der Waals surface area contributed by atoms with Gasteiger partial charge in [-0.3, -0.25) is 9.12 Å². The summed E-state index contributed by atoms with van der Waals surface area (Å²) in [5, 5.41) is 3.06. The van der Waals surface area contributed by atoms with Crippen molar-refractivity contribution < 1.29 is 18.0 Å². The summed E-state index contributed by atoms with van der Waals surface area (Å²) in [6.45, 7) is 1.97. The maximum Gasteiger partial charge on any atom is 0.317 e. The first kappa shape index (κ1) is 23.2. The number of nitrogens with zero attached hydrogens (tertiary/aromatic N) is 5. The molecule has 2 fully saturated rings. The fourth-order valence-corrected chi connectivity index (χ4v) is 5.59. The molecule has 2 N–H and O–H groups in total. The van der Waals surface area contributed by atoms with Gasteiger partial charge in [0, 0.05) is 50.5 Å². The Morgan fingerprint density at radius 2 is 2.00 bits per heavy atom. The maximum atomic E-state index is 13.4. The van der Waals surface area contributed by atoms with Crippen molar-refractivity contribution in [1.82, 2.24) is 29.3 Å². The van der Waals surface area contributed by atoms with Crippen LogP contribution in [-0.4, -0.2) is 70.7 Å². The summed E-state index contributed by atoms with van der Waals surface area (Å²) in [6, 6.07) is 1.92. The maximum absolute atomic E-state index is 13.4. The quantitative estimate of drug-likeness (QED) is 0.468. The van der Waals surface area contributed by atoms with Crippen molar-refractivity contribution in [1.29, 1.82) is 0 Å². The number of imidazole rings is 1. The van der Waals surface area contributed by atoms with E-state index in [0.29, 0.717) is 37.0 Å². The SMILES string of the molecule is CNC(=O)N1CCN(c2cc(SNC3(CF)CC3)cn3c(-c4ncc(C(F)F)s4)ncc23)CC1. The summed E-state index contributed by atoms with van der Waals surface area (Å²) in [6.07, 6.45) is 3.76. The van der Waals surface area contributed by atoms with Crippen LogP contribution in [0.1, 0.15) is 24.1 Å². The number of anilines is 1. The fourth-order valence-electron chi connectivity index (χ4n) is 3.90. The number of thiazole rings is 1. The van der Waals surface area contributed by atoms with E-state index in [1.54, 1.807) is 18.1 Å². The average Bonchev–Trinajstić information content (AvgIpc) is 3.25. The van der Waals surface area contributed by atoms with Crippen LogP contribution in [0.4, 0.5) is 23.7 Å². The molecule has 3 aromatic rings. The van der Waals surface area contributed by atoms with E-state index in [9.17, 15) is 18.0 Å². The minimum absolute atomic E-state index is 0.107. The molecule has 3 aromatic heterocycles. The van der Waals surface area contributed by atoms with Crippen LogP contribution < -0.4 is 14.9 Å². The van der Waals surface area contributed by atoms with Crippen molar-refractivity contribution in [2.75, 3.05) is 44.8 Å². The van der Waals surface area contributed by atoms with Gasteiger partial charge in [-0.15, -0.1) is 11.3 Å². The summed E-state index contributed by atoms with van der Waals surface area (Å²) >= 11 is 2.27. The summed E-state index contributed by atoms with van der Waals surface area (Å²) in [7, 11) is 1.61. The van der Waals surface area contributed by atoms with Crippen LogP contribution in [0.2, 0.25) is 0 Å². The number of carbonyl (C=O) groups is 1. The number of alkyl halides is 3. The van der Waals surface area contributed by atoms with Crippen LogP contribution in [-0.2, 0) is 0 Å². The monoisotopic (exact) mass is 511 g/mol. The van der Waals surface area contributed by atoms with E-state index in [4.69, 9.17) is 0 Å². The molecule has 2 amide bonds. The Bertz CT molecular complexity index is 1190. The Morgan fingerprint density at radius 3 is 2.62 bits per heavy atom. The molecular formula is C21H24F3N7OS2. The second-order valence-corrected chi connectivity index (χ2v) is 10.4. The minimum atomic E-state index is -2.59. The van der Waals surface area contributed by atoms with Gasteiger partial charge in [0.25, 0.3) is 6.43 Å². The first-order chi connectivity index (χ1) is 16.4. The van der Waals surface area contributed by atoms with Gasteiger partial charge in [-0.05, 0) is 30.9 Å². The molecule has 0 spiro atoms. The average molecular weight is 512 g/mol. The molecule has 13 heteroatoms. The molecule has 0 radical (unpaired) electrons. The highest BCUT2D eigenvalue weighted by Gasteiger charge is 2.43. The first-order valence-corrected chi connectivity index (χ1v) is 12.5. The van der Waals surface area contributed by atoms with E-state index in [2.05, 4.69) is 24.9 Å². The Morgan fingerprint density at radius 1 is 1.24 bits per heavy atom. The number of piperazine rings is 1. The molecule has 5 rings (SSSR count). The Kier molecular flexibility index (Phi) is 6.34. The largest absolute Gasteiger partial charge is 0.366 e. The van der Waals surface area contributed by atoms with Gasteiger partial charge >= 0.3 is 6.03 Å². The van der Waals surface area contributed by atoms with Gasteiger partial charge in [-0.1, -0.05) is 0 Å². The number of fused-ring (bicyclic) bond motifs is 1. The van der Waals surface area contributed by atoms with E-state index in [0.717, 1.165) is 40.3 Å².